The molecule has 1 saturated heterocycles. The van der Waals surface area contributed by atoms with Crippen LogP contribution in [0, 0.1) is 0 Å². The number of benzene rings is 2. The molecule has 1 fully saturated rings. The van der Waals surface area contributed by atoms with E-state index >= 15 is 0 Å². The van der Waals surface area contributed by atoms with Crippen molar-refractivity contribution in [3.8, 4) is 0 Å². The number of amides is 4. The number of halogens is 3. The molecule has 0 atom stereocenters. The fraction of sp³-hybridized carbons (Fsp3) is 0.167. The monoisotopic (exact) mass is 500 g/mol. The van der Waals surface area contributed by atoms with Gasteiger partial charge in [-0.3, -0.25) is 14.6 Å². The van der Waals surface area contributed by atoms with Crippen molar-refractivity contribution in [2.75, 3.05) is 16.8 Å². The lowest BCUT2D eigenvalue weighted by Gasteiger charge is -2.19. The molecule has 2 heterocycles. The van der Waals surface area contributed by atoms with Gasteiger partial charge in [-0.15, -0.1) is 0 Å². The van der Waals surface area contributed by atoms with Crippen molar-refractivity contribution in [1.82, 2.24) is 9.88 Å². The molecule has 35 heavy (non-hydrogen) atoms. The highest BCUT2D eigenvalue weighted by molar-refractivity contribution is 8.00. The van der Waals surface area contributed by atoms with Gasteiger partial charge >= 0.3 is 11.5 Å². The molecule has 4 amide bonds. The summed E-state index contributed by atoms with van der Waals surface area (Å²) < 4.78 is 37.7. The van der Waals surface area contributed by atoms with Crippen LogP contribution in [-0.2, 0) is 22.6 Å². The zero-order valence-electron chi connectivity index (χ0n) is 18.2. The van der Waals surface area contributed by atoms with Crippen LogP contribution in [0.15, 0.2) is 78.0 Å². The maximum Gasteiger partial charge on any atom is 0.446 e. The van der Waals surface area contributed by atoms with E-state index in [4.69, 9.17) is 0 Å². The maximum absolute atomic E-state index is 13.0. The van der Waals surface area contributed by atoms with Crippen LogP contribution in [0.4, 0.5) is 29.3 Å². The Kier molecular flexibility index (Phi) is 7.06. The molecule has 180 valence electrons. The molecule has 11 heteroatoms. The van der Waals surface area contributed by atoms with Crippen molar-refractivity contribution in [1.29, 1.82) is 0 Å². The summed E-state index contributed by atoms with van der Waals surface area (Å²) in [6, 6.07) is 15.2. The summed E-state index contributed by atoms with van der Waals surface area (Å²) in [5.74, 6) is -0.761. The number of carbonyl (C=O) groups excluding carboxylic acids is 3. The van der Waals surface area contributed by atoms with E-state index in [1.165, 1.54) is 41.6 Å². The van der Waals surface area contributed by atoms with Crippen molar-refractivity contribution in [3.05, 3.63) is 84.2 Å². The first kappa shape index (κ1) is 24.3. The second-order valence-electron chi connectivity index (χ2n) is 7.65. The normalized spacial score (nSPS) is 13.9. The summed E-state index contributed by atoms with van der Waals surface area (Å²) in [5, 5.41) is 2.79. The quantitative estimate of drug-likeness (QED) is 0.371. The van der Waals surface area contributed by atoms with Gasteiger partial charge in [0.1, 0.15) is 6.54 Å². The highest BCUT2D eigenvalue weighted by Gasteiger charge is 2.37. The predicted octanol–water partition coefficient (Wildman–Crippen LogP) is 4.84. The van der Waals surface area contributed by atoms with Crippen molar-refractivity contribution in [3.63, 3.8) is 0 Å². The highest BCUT2D eigenvalue weighted by Crippen LogP contribution is 2.37. The van der Waals surface area contributed by atoms with Crippen molar-refractivity contribution >= 4 is 41.0 Å². The van der Waals surface area contributed by atoms with E-state index in [2.05, 4.69) is 10.3 Å². The summed E-state index contributed by atoms with van der Waals surface area (Å²) in [7, 11) is 0. The van der Waals surface area contributed by atoms with E-state index in [0.29, 0.717) is 11.3 Å². The number of urea groups is 1. The SMILES string of the molecule is O=C(Cc1ccccc1)Nc1cnccc1CN1CC(=O)N(c2ccc(SC(F)(F)F)cc2)C1=O. The van der Waals surface area contributed by atoms with E-state index in [-0.39, 0.29) is 47.8 Å². The number of nitrogens with zero attached hydrogens (tertiary/aromatic N) is 3. The number of carbonyl (C=O) groups is 3. The zero-order chi connectivity index (χ0) is 25.0. The third-order valence-electron chi connectivity index (χ3n) is 5.12. The molecule has 1 aliphatic heterocycles. The summed E-state index contributed by atoms with van der Waals surface area (Å²) >= 11 is -0.277. The van der Waals surface area contributed by atoms with Gasteiger partial charge in [-0.1, -0.05) is 30.3 Å². The molecule has 3 aromatic rings. The van der Waals surface area contributed by atoms with Crippen LogP contribution in [0.3, 0.4) is 0 Å². The number of hydrogen-bond donors (Lipinski definition) is 1. The lowest BCUT2D eigenvalue weighted by atomic mass is 10.1. The van der Waals surface area contributed by atoms with E-state index in [0.717, 1.165) is 10.5 Å². The van der Waals surface area contributed by atoms with Gasteiger partial charge in [0.2, 0.25) is 5.91 Å². The lowest BCUT2D eigenvalue weighted by molar-refractivity contribution is -0.117. The fourth-order valence-electron chi connectivity index (χ4n) is 3.58. The first-order valence-corrected chi connectivity index (χ1v) is 11.3. The molecule has 4 rings (SSSR count). The van der Waals surface area contributed by atoms with Gasteiger partial charge in [-0.2, -0.15) is 13.2 Å². The Labute approximate surface area is 202 Å². The summed E-state index contributed by atoms with van der Waals surface area (Å²) in [4.78, 5) is 44.2. The van der Waals surface area contributed by atoms with E-state index in [1.807, 2.05) is 30.3 Å². The minimum atomic E-state index is -4.43. The summed E-state index contributed by atoms with van der Waals surface area (Å²) in [6.07, 6.45) is 3.14. The maximum atomic E-state index is 13.0. The standard InChI is InChI=1S/C24H19F3N4O3S/c25-24(26,27)35-19-8-6-18(7-9-19)31-22(33)15-30(23(31)34)14-17-10-11-28-13-20(17)29-21(32)12-16-4-2-1-3-5-16/h1-11,13H,12,14-15H2,(H,29,32). The molecular weight excluding hydrogens is 481 g/mol. The second kappa shape index (κ2) is 10.2. The van der Waals surface area contributed by atoms with Crippen LogP contribution in [0.2, 0.25) is 0 Å². The molecule has 0 radical (unpaired) electrons. The average Bonchev–Trinajstić information content (AvgIpc) is 3.08. The molecule has 0 spiro atoms. The smallest absolute Gasteiger partial charge is 0.324 e. The van der Waals surface area contributed by atoms with Gasteiger partial charge in [0.25, 0.3) is 5.91 Å². The molecule has 1 aliphatic rings. The number of nitrogens with one attached hydrogen (secondary N) is 1. The Morgan fingerprint density at radius 3 is 2.43 bits per heavy atom. The third-order valence-corrected chi connectivity index (χ3v) is 5.86. The van der Waals surface area contributed by atoms with Crippen LogP contribution < -0.4 is 10.2 Å². The number of anilines is 2. The van der Waals surface area contributed by atoms with Crippen LogP contribution in [0.5, 0.6) is 0 Å². The largest absolute Gasteiger partial charge is 0.446 e. The van der Waals surface area contributed by atoms with Crippen LogP contribution >= 0.6 is 11.8 Å². The molecule has 0 bridgehead atoms. The van der Waals surface area contributed by atoms with Crippen LogP contribution in [0.1, 0.15) is 11.1 Å². The van der Waals surface area contributed by atoms with Gasteiger partial charge in [0.05, 0.1) is 30.5 Å². The molecule has 0 unspecified atom stereocenters. The number of rotatable bonds is 7. The lowest BCUT2D eigenvalue weighted by Crippen LogP contribution is -2.33. The molecule has 2 aromatic carbocycles. The van der Waals surface area contributed by atoms with Crippen molar-refractivity contribution < 1.29 is 27.6 Å². The number of hydrogen-bond acceptors (Lipinski definition) is 5. The van der Waals surface area contributed by atoms with Crippen molar-refractivity contribution in [2.45, 2.75) is 23.4 Å². The Bertz CT molecular complexity index is 1240. The molecule has 1 N–H and O–H groups in total. The second-order valence-corrected chi connectivity index (χ2v) is 8.79. The minimum Gasteiger partial charge on any atom is -0.324 e. The Morgan fingerprint density at radius 1 is 1.03 bits per heavy atom. The Hall–Kier alpha value is -3.86. The molecule has 0 aliphatic carbocycles. The van der Waals surface area contributed by atoms with Gasteiger partial charge in [-0.05, 0) is 53.2 Å². The Morgan fingerprint density at radius 2 is 1.74 bits per heavy atom. The molecule has 7 nitrogen and oxygen atoms in total. The molecular formula is C24H19F3N4O3S. The van der Waals surface area contributed by atoms with Gasteiger partial charge in [0.15, 0.2) is 0 Å². The van der Waals surface area contributed by atoms with E-state index in [9.17, 15) is 27.6 Å². The zero-order valence-corrected chi connectivity index (χ0v) is 19.0. The van der Waals surface area contributed by atoms with Gasteiger partial charge in [0, 0.05) is 11.1 Å². The van der Waals surface area contributed by atoms with Gasteiger partial charge < -0.3 is 10.2 Å². The number of pyridine rings is 1. The first-order valence-electron chi connectivity index (χ1n) is 10.4. The molecule has 0 saturated carbocycles. The van der Waals surface area contributed by atoms with E-state index < -0.39 is 17.4 Å². The summed E-state index contributed by atoms with van der Waals surface area (Å²) in [6.45, 7) is -0.176. The topological polar surface area (TPSA) is 82.6 Å². The van der Waals surface area contributed by atoms with Crippen LogP contribution in [-0.4, -0.2) is 39.8 Å². The molecule has 1 aromatic heterocycles. The number of alkyl halides is 3. The number of thioether (sulfide) groups is 1. The fourth-order valence-corrected chi connectivity index (χ4v) is 4.12. The highest BCUT2D eigenvalue weighted by atomic mass is 32.2. The average molecular weight is 501 g/mol. The van der Waals surface area contributed by atoms with E-state index in [1.54, 1.807) is 6.07 Å². The van der Waals surface area contributed by atoms with Crippen LogP contribution in [0.25, 0.3) is 0 Å². The third kappa shape index (κ3) is 6.18. The summed E-state index contributed by atoms with van der Waals surface area (Å²) in [5.41, 5.74) is -2.41. The number of aromatic nitrogens is 1. The Balaban J connectivity index is 1.44. The van der Waals surface area contributed by atoms with Crippen molar-refractivity contribution in [2.24, 2.45) is 0 Å². The predicted molar refractivity (Wildman–Crippen MR) is 125 cm³/mol. The minimum absolute atomic E-state index is 0.0343. The van der Waals surface area contributed by atoms with Gasteiger partial charge in [-0.25, -0.2) is 9.69 Å². The first-order chi connectivity index (χ1) is 16.7. The number of imide groups is 1.